The zero-order valence-electron chi connectivity index (χ0n) is 8.26. The molecule has 1 saturated heterocycles. The summed E-state index contributed by atoms with van der Waals surface area (Å²) >= 11 is 4.38. The fourth-order valence-electron chi connectivity index (χ4n) is 1.60. The molecule has 0 spiro atoms. The van der Waals surface area contributed by atoms with Crippen LogP contribution in [0.25, 0.3) is 0 Å². The number of carbonyl (C=O) groups is 1. The Balaban J connectivity index is 2.11. The SMILES string of the molecule is O=C(c1ccc([N+](=O)[O-])s1)N1CCC(Br)C1. The van der Waals surface area contributed by atoms with Crippen molar-refractivity contribution in [2.45, 2.75) is 11.2 Å². The molecule has 0 bridgehead atoms. The molecule has 1 atom stereocenters. The highest BCUT2D eigenvalue weighted by Crippen LogP contribution is 2.27. The van der Waals surface area contributed by atoms with Crippen LogP contribution in [0.4, 0.5) is 5.00 Å². The van der Waals surface area contributed by atoms with Crippen molar-refractivity contribution in [2.75, 3.05) is 13.1 Å². The number of rotatable bonds is 2. The van der Waals surface area contributed by atoms with Gasteiger partial charge >= 0.3 is 5.00 Å². The van der Waals surface area contributed by atoms with Crippen LogP contribution in [0.5, 0.6) is 0 Å². The molecule has 7 heteroatoms. The van der Waals surface area contributed by atoms with Gasteiger partial charge in [-0.25, -0.2) is 0 Å². The Hall–Kier alpha value is -0.950. The third-order valence-electron chi connectivity index (χ3n) is 2.40. The van der Waals surface area contributed by atoms with Crippen LogP contribution in [0.3, 0.4) is 0 Å². The number of amides is 1. The first-order valence-electron chi connectivity index (χ1n) is 4.75. The molecule has 1 aliphatic rings. The zero-order chi connectivity index (χ0) is 11.7. The van der Waals surface area contributed by atoms with Crippen LogP contribution >= 0.6 is 27.3 Å². The van der Waals surface area contributed by atoms with E-state index in [0.717, 1.165) is 17.8 Å². The van der Waals surface area contributed by atoms with Gasteiger partial charge in [0, 0.05) is 24.0 Å². The molecule has 1 aliphatic heterocycles. The van der Waals surface area contributed by atoms with Crippen molar-refractivity contribution in [2.24, 2.45) is 0 Å². The summed E-state index contributed by atoms with van der Waals surface area (Å²) in [6.07, 6.45) is 0.930. The molecule has 0 saturated carbocycles. The third kappa shape index (κ3) is 2.25. The summed E-state index contributed by atoms with van der Waals surface area (Å²) in [5.41, 5.74) is 0. The molecule has 16 heavy (non-hydrogen) atoms. The Morgan fingerprint density at radius 3 is 2.88 bits per heavy atom. The molecule has 2 heterocycles. The van der Waals surface area contributed by atoms with Crippen LogP contribution in [0, 0.1) is 10.1 Å². The van der Waals surface area contributed by atoms with Gasteiger partial charge in [-0.2, -0.15) is 0 Å². The summed E-state index contributed by atoms with van der Waals surface area (Å²) < 4.78 is 0. The predicted molar refractivity (Wildman–Crippen MR) is 64.2 cm³/mol. The second kappa shape index (κ2) is 4.50. The minimum absolute atomic E-state index is 0.0120. The lowest BCUT2D eigenvalue weighted by molar-refractivity contribution is -0.380. The first-order chi connectivity index (χ1) is 7.58. The van der Waals surface area contributed by atoms with Gasteiger partial charge in [0.05, 0.1) is 9.80 Å². The second-order valence-electron chi connectivity index (χ2n) is 3.53. The van der Waals surface area contributed by atoms with Crippen molar-refractivity contribution in [3.05, 3.63) is 27.1 Å². The fourth-order valence-corrected chi connectivity index (χ4v) is 2.94. The molecule has 0 N–H and O–H groups in total. The molecule has 1 unspecified atom stereocenters. The van der Waals surface area contributed by atoms with Gasteiger partial charge in [-0.15, -0.1) is 0 Å². The number of hydrogen-bond acceptors (Lipinski definition) is 4. The Bertz CT molecular complexity index is 434. The molecule has 1 amide bonds. The number of nitro groups is 1. The summed E-state index contributed by atoms with van der Waals surface area (Å²) in [6, 6.07) is 2.90. The van der Waals surface area contributed by atoms with E-state index in [2.05, 4.69) is 15.9 Å². The number of thiophene rings is 1. The van der Waals surface area contributed by atoms with Crippen LogP contribution in [-0.4, -0.2) is 33.6 Å². The van der Waals surface area contributed by atoms with Gasteiger partial charge in [0.15, 0.2) is 0 Å². The van der Waals surface area contributed by atoms with E-state index in [4.69, 9.17) is 0 Å². The van der Waals surface area contributed by atoms with Crippen LogP contribution in [0.15, 0.2) is 12.1 Å². The number of alkyl halides is 1. The molecule has 2 rings (SSSR count). The van der Waals surface area contributed by atoms with E-state index in [1.165, 1.54) is 12.1 Å². The molecule has 1 aromatic heterocycles. The molecule has 0 aliphatic carbocycles. The van der Waals surface area contributed by atoms with Gasteiger partial charge in [0.2, 0.25) is 0 Å². The minimum atomic E-state index is -0.473. The van der Waals surface area contributed by atoms with Crippen LogP contribution < -0.4 is 0 Å². The van der Waals surface area contributed by atoms with Gasteiger partial charge in [-0.3, -0.25) is 14.9 Å². The highest BCUT2D eigenvalue weighted by atomic mass is 79.9. The van der Waals surface area contributed by atoms with Gasteiger partial charge < -0.3 is 4.90 Å². The van der Waals surface area contributed by atoms with Crippen LogP contribution in [0.1, 0.15) is 16.1 Å². The lowest BCUT2D eigenvalue weighted by Gasteiger charge is -2.13. The van der Waals surface area contributed by atoms with E-state index in [-0.39, 0.29) is 10.9 Å². The average Bonchev–Trinajstić information content (AvgIpc) is 2.84. The minimum Gasteiger partial charge on any atom is -0.337 e. The largest absolute Gasteiger partial charge is 0.337 e. The van der Waals surface area contributed by atoms with Gasteiger partial charge in [0.1, 0.15) is 0 Å². The van der Waals surface area contributed by atoms with E-state index in [1.54, 1.807) is 4.90 Å². The summed E-state index contributed by atoms with van der Waals surface area (Å²) in [7, 11) is 0. The Morgan fingerprint density at radius 1 is 1.62 bits per heavy atom. The van der Waals surface area contributed by atoms with Crippen molar-refractivity contribution in [1.82, 2.24) is 4.90 Å². The Labute approximate surface area is 104 Å². The van der Waals surface area contributed by atoms with Crippen molar-refractivity contribution >= 4 is 38.2 Å². The summed E-state index contributed by atoms with van der Waals surface area (Å²) in [5.74, 6) is -0.111. The summed E-state index contributed by atoms with van der Waals surface area (Å²) in [4.78, 5) is 24.4. The van der Waals surface area contributed by atoms with Crippen molar-refractivity contribution in [3.8, 4) is 0 Å². The number of halogens is 1. The van der Waals surface area contributed by atoms with Crippen molar-refractivity contribution < 1.29 is 9.72 Å². The fraction of sp³-hybridized carbons (Fsp3) is 0.444. The van der Waals surface area contributed by atoms with Crippen LogP contribution in [-0.2, 0) is 0 Å². The molecule has 0 radical (unpaired) electrons. The summed E-state index contributed by atoms with van der Waals surface area (Å²) in [5, 5.41) is 10.5. The van der Waals surface area contributed by atoms with E-state index in [9.17, 15) is 14.9 Å². The maximum Gasteiger partial charge on any atom is 0.324 e. The second-order valence-corrected chi connectivity index (χ2v) is 5.89. The molecule has 0 aromatic carbocycles. The first kappa shape index (κ1) is 11.5. The van der Waals surface area contributed by atoms with E-state index in [1.807, 2.05) is 0 Å². The Morgan fingerprint density at radius 2 is 2.38 bits per heavy atom. The zero-order valence-corrected chi connectivity index (χ0v) is 10.7. The molecule has 86 valence electrons. The summed E-state index contributed by atoms with van der Waals surface area (Å²) in [6.45, 7) is 1.38. The molecule has 5 nitrogen and oxygen atoms in total. The highest BCUT2D eigenvalue weighted by molar-refractivity contribution is 9.09. The molecule has 1 aromatic rings. The van der Waals surface area contributed by atoms with E-state index in [0.29, 0.717) is 22.8 Å². The quantitative estimate of drug-likeness (QED) is 0.478. The van der Waals surface area contributed by atoms with E-state index >= 15 is 0 Å². The molecular weight excluding hydrogens is 296 g/mol. The predicted octanol–water partition coefficient (Wildman–Crippen LogP) is 2.27. The van der Waals surface area contributed by atoms with Crippen molar-refractivity contribution in [3.63, 3.8) is 0 Å². The first-order valence-corrected chi connectivity index (χ1v) is 6.48. The topological polar surface area (TPSA) is 63.4 Å². The van der Waals surface area contributed by atoms with Crippen molar-refractivity contribution in [1.29, 1.82) is 0 Å². The van der Waals surface area contributed by atoms with Crippen LogP contribution in [0.2, 0.25) is 0 Å². The van der Waals surface area contributed by atoms with Gasteiger partial charge in [-0.05, 0) is 12.5 Å². The third-order valence-corrected chi connectivity index (χ3v) is 4.17. The molecule has 1 fully saturated rings. The maximum absolute atomic E-state index is 11.9. The number of likely N-dealkylation sites (tertiary alicyclic amines) is 1. The number of hydrogen-bond donors (Lipinski definition) is 0. The smallest absolute Gasteiger partial charge is 0.324 e. The van der Waals surface area contributed by atoms with Gasteiger partial charge in [0.25, 0.3) is 5.91 Å². The lowest BCUT2D eigenvalue weighted by atomic mass is 10.4. The number of nitrogens with zero attached hydrogens (tertiary/aromatic N) is 2. The average molecular weight is 305 g/mol. The Kier molecular flexibility index (Phi) is 3.25. The monoisotopic (exact) mass is 304 g/mol. The normalized spacial score (nSPS) is 20.1. The molecular formula is C9H9BrN2O3S. The van der Waals surface area contributed by atoms with E-state index < -0.39 is 4.92 Å². The maximum atomic E-state index is 11.9. The number of carbonyl (C=O) groups excluding carboxylic acids is 1. The van der Waals surface area contributed by atoms with Gasteiger partial charge in [-0.1, -0.05) is 27.3 Å². The lowest BCUT2D eigenvalue weighted by Crippen LogP contribution is -2.27. The standard InChI is InChI=1S/C9H9BrN2O3S/c10-6-3-4-11(5-6)9(13)7-1-2-8(16-7)12(14)15/h1-2,6H,3-5H2. The highest BCUT2D eigenvalue weighted by Gasteiger charge is 2.27.